The summed E-state index contributed by atoms with van der Waals surface area (Å²) < 4.78 is 0. The lowest BCUT2D eigenvalue weighted by Gasteiger charge is -2.06. The maximum Gasteiger partial charge on any atom is 0.338 e. The molecule has 1 aromatic heterocycles. The molecule has 0 unspecified atom stereocenters. The Labute approximate surface area is 113 Å². The lowest BCUT2D eigenvalue weighted by molar-refractivity contribution is 0.0691. The van der Waals surface area contributed by atoms with E-state index in [-0.39, 0.29) is 11.3 Å². The van der Waals surface area contributed by atoms with Crippen LogP contribution in [0.2, 0.25) is 5.02 Å². The van der Waals surface area contributed by atoms with Gasteiger partial charge in [-0.05, 0) is 30.3 Å². The number of anilines is 1. The van der Waals surface area contributed by atoms with Crippen LogP contribution < -0.4 is 5.32 Å². The first-order chi connectivity index (χ1) is 9.08. The van der Waals surface area contributed by atoms with Crippen molar-refractivity contribution in [1.82, 2.24) is 4.98 Å². The molecular formula is C13H9ClN2O3. The fourth-order valence-corrected chi connectivity index (χ4v) is 1.71. The zero-order valence-corrected chi connectivity index (χ0v) is 10.4. The predicted molar refractivity (Wildman–Crippen MR) is 70.6 cm³/mol. The topological polar surface area (TPSA) is 79.3 Å². The predicted octanol–water partition coefficient (Wildman–Crippen LogP) is 2.69. The number of halogens is 1. The van der Waals surface area contributed by atoms with Crippen LogP contribution in [0.1, 0.15) is 20.8 Å². The van der Waals surface area contributed by atoms with Crippen molar-refractivity contribution in [2.75, 3.05) is 5.32 Å². The second-order valence-electron chi connectivity index (χ2n) is 3.67. The molecule has 1 heterocycles. The zero-order chi connectivity index (χ0) is 13.8. The maximum absolute atomic E-state index is 12.0. The van der Waals surface area contributed by atoms with Crippen molar-refractivity contribution < 1.29 is 14.7 Å². The number of carbonyl (C=O) groups excluding carboxylic acids is 1. The Morgan fingerprint density at radius 3 is 2.68 bits per heavy atom. The number of nitrogens with zero attached hydrogens (tertiary/aromatic N) is 1. The number of carboxylic acid groups (broad SMARTS) is 1. The number of hydrogen-bond donors (Lipinski definition) is 2. The van der Waals surface area contributed by atoms with Crippen LogP contribution in [0.3, 0.4) is 0 Å². The van der Waals surface area contributed by atoms with Gasteiger partial charge in [-0.2, -0.15) is 0 Å². The lowest BCUT2D eigenvalue weighted by Crippen LogP contribution is -2.18. The molecule has 19 heavy (non-hydrogen) atoms. The van der Waals surface area contributed by atoms with Gasteiger partial charge in [0.2, 0.25) is 0 Å². The highest BCUT2D eigenvalue weighted by molar-refractivity contribution is 6.31. The number of aromatic carboxylic acids is 1. The summed E-state index contributed by atoms with van der Waals surface area (Å²) in [4.78, 5) is 26.8. The second-order valence-corrected chi connectivity index (χ2v) is 4.11. The van der Waals surface area contributed by atoms with Gasteiger partial charge in [0.25, 0.3) is 5.91 Å². The van der Waals surface area contributed by atoms with Crippen molar-refractivity contribution in [3.05, 3.63) is 58.9 Å². The summed E-state index contributed by atoms with van der Waals surface area (Å²) in [6, 6.07) is 9.33. The third-order valence-corrected chi connectivity index (χ3v) is 2.57. The first kappa shape index (κ1) is 13.0. The van der Waals surface area contributed by atoms with Crippen LogP contribution in [0.25, 0.3) is 0 Å². The average Bonchev–Trinajstić information content (AvgIpc) is 2.38. The number of rotatable bonds is 3. The van der Waals surface area contributed by atoms with Gasteiger partial charge in [-0.3, -0.25) is 9.78 Å². The first-order valence-corrected chi connectivity index (χ1v) is 5.71. The monoisotopic (exact) mass is 276 g/mol. The minimum absolute atomic E-state index is 0.144. The Hall–Kier alpha value is -2.40. The molecule has 0 atom stereocenters. The molecule has 0 radical (unpaired) electrons. The van der Waals surface area contributed by atoms with Crippen molar-refractivity contribution in [2.45, 2.75) is 0 Å². The van der Waals surface area contributed by atoms with Crippen LogP contribution in [0, 0.1) is 0 Å². The van der Waals surface area contributed by atoms with E-state index in [1.165, 1.54) is 18.3 Å². The number of carboxylic acids is 1. The van der Waals surface area contributed by atoms with E-state index in [1.807, 2.05) is 0 Å². The molecule has 0 saturated carbocycles. The highest BCUT2D eigenvalue weighted by Gasteiger charge is 2.17. The Balaban J connectivity index is 2.28. The highest BCUT2D eigenvalue weighted by atomic mass is 35.5. The van der Waals surface area contributed by atoms with E-state index >= 15 is 0 Å². The summed E-state index contributed by atoms with van der Waals surface area (Å²) in [5.41, 5.74) is 0.177. The zero-order valence-electron chi connectivity index (χ0n) is 9.63. The van der Waals surface area contributed by atoms with Crippen LogP contribution in [0.15, 0.2) is 42.6 Å². The van der Waals surface area contributed by atoms with Gasteiger partial charge >= 0.3 is 5.97 Å². The molecule has 1 aromatic carbocycles. The van der Waals surface area contributed by atoms with E-state index in [4.69, 9.17) is 16.7 Å². The Kier molecular flexibility index (Phi) is 3.77. The van der Waals surface area contributed by atoms with E-state index in [9.17, 15) is 9.59 Å². The molecule has 0 spiro atoms. The molecule has 2 aromatic rings. The quantitative estimate of drug-likeness (QED) is 0.903. The summed E-state index contributed by atoms with van der Waals surface area (Å²) in [5, 5.41) is 12.0. The maximum atomic E-state index is 12.0. The van der Waals surface area contributed by atoms with Crippen LogP contribution in [0.5, 0.6) is 0 Å². The summed E-state index contributed by atoms with van der Waals surface area (Å²) in [6.07, 6.45) is 1.36. The van der Waals surface area contributed by atoms with Crippen LogP contribution in [0.4, 0.5) is 5.69 Å². The van der Waals surface area contributed by atoms with E-state index in [1.54, 1.807) is 24.3 Å². The number of pyridine rings is 1. The highest BCUT2D eigenvalue weighted by Crippen LogP contribution is 2.16. The van der Waals surface area contributed by atoms with Gasteiger partial charge in [0.05, 0.1) is 5.56 Å². The Bertz CT molecular complexity index is 643. The van der Waals surface area contributed by atoms with E-state index < -0.39 is 11.9 Å². The van der Waals surface area contributed by atoms with Crippen LogP contribution in [-0.4, -0.2) is 22.0 Å². The average molecular weight is 277 g/mol. The normalized spacial score (nSPS) is 9.95. The smallest absolute Gasteiger partial charge is 0.338 e. The van der Waals surface area contributed by atoms with Crippen molar-refractivity contribution in [3.8, 4) is 0 Å². The molecule has 0 aliphatic carbocycles. The fraction of sp³-hybridized carbons (Fsp3) is 0. The summed E-state index contributed by atoms with van der Waals surface area (Å²) in [6.45, 7) is 0. The number of aromatic nitrogens is 1. The van der Waals surface area contributed by atoms with Gasteiger partial charge in [-0.15, -0.1) is 0 Å². The number of benzene rings is 1. The third kappa shape index (κ3) is 3.08. The van der Waals surface area contributed by atoms with Gasteiger partial charge in [0, 0.05) is 16.9 Å². The number of hydrogen-bond acceptors (Lipinski definition) is 3. The van der Waals surface area contributed by atoms with Crippen molar-refractivity contribution in [2.24, 2.45) is 0 Å². The standard InChI is InChI=1S/C13H9ClN2O3/c14-8-3-1-4-9(7-8)16-12(17)11-10(13(18)19)5-2-6-15-11/h1-7H,(H,16,17)(H,18,19). The van der Waals surface area contributed by atoms with Crippen molar-refractivity contribution >= 4 is 29.2 Å². The number of amides is 1. The Morgan fingerprint density at radius 2 is 2.00 bits per heavy atom. The first-order valence-electron chi connectivity index (χ1n) is 5.33. The molecule has 0 bridgehead atoms. The molecular weight excluding hydrogens is 268 g/mol. The lowest BCUT2D eigenvalue weighted by atomic mass is 10.2. The third-order valence-electron chi connectivity index (χ3n) is 2.34. The van der Waals surface area contributed by atoms with E-state index in [0.717, 1.165) is 0 Å². The largest absolute Gasteiger partial charge is 0.478 e. The summed E-state index contributed by atoms with van der Waals surface area (Å²) in [5.74, 6) is -1.80. The summed E-state index contributed by atoms with van der Waals surface area (Å²) in [7, 11) is 0. The Morgan fingerprint density at radius 1 is 1.21 bits per heavy atom. The van der Waals surface area contributed by atoms with E-state index in [2.05, 4.69) is 10.3 Å². The van der Waals surface area contributed by atoms with Gasteiger partial charge in [0.1, 0.15) is 5.69 Å². The van der Waals surface area contributed by atoms with Gasteiger partial charge < -0.3 is 10.4 Å². The molecule has 6 heteroatoms. The van der Waals surface area contributed by atoms with Crippen molar-refractivity contribution in [1.29, 1.82) is 0 Å². The molecule has 0 fully saturated rings. The van der Waals surface area contributed by atoms with Crippen LogP contribution >= 0.6 is 11.6 Å². The minimum Gasteiger partial charge on any atom is -0.478 e. The number of carbonyl (C=O) groups is 2. The SMILES string of the molecule is O=C(O)c1cccnc1C(=O)Nc1cccc(Cl)c1. The second kappa shape index (κ2) is 5.49. The van der Waals surface area contributed by atoms with Gasteiger partial charge in [0.15, 0.2) is 0 Å². The fourth-order valence-electron chi connectivity index (χ4n) is 1.52. The van der Waals surface area contributed by atoms with Crippen molar-refractivity contribution in [3.63, 3.8) is 0 Å². The molecule has 0 aliphatic rings. The minimum atomic E-state index is -1.20. The molecule has 2 N–H and O–H groups in total. The van der Waals surface area contributed by atoms with Gasteiger partial charge in [-0.1, -0.05) is 17.7 Å². The molecule has 0 saturated heterocycles. The summed E-state index contributed by atoms with van der Waals surface area (Å²) >= 11 is 5.79. The van der Waals surface area contributed by atoms with Gasteiger partial charge in [-0.25, -0.2) is 4.79 Å². The molecule has 0 aliphatic heterocycles. The molecule has 96 valence electrons. The number of nitrogens with one attached hydrogen (secondary N) is 1. The molecule has 2 rings (SSSR count). The van der Waals surface area contributed by atoms with E-state index in [0.29, 0.717) is 10.7 Å². The molecule has 1 amide bonds. The van der Waals surface area contributed by atoms with Crippen LogP contribution in [-0.2, 0) is 0 Å². The molecule has 5 nitrogen and oxygen atoms in total.